The van der Waals surface area contributed by atoms with Crippen molar-refractivity contribution in [2.75, 3.05) is 12.3 Å². The van der Waals surface area contributed by atoms with E-state index < -0.39 is 10.0 Å². The van der Waals surface area contributed by atoms with Crippen molar-refractivity contribution in [3.63, 3.8) is 0 Å². The van der Waals surface area contributed by atoms with Gasteiger partial charge in [-0.15, -0.1) is 0 Å². The Labute approximate surface area is 94.6 Å². The maximum absolute atomic E-state index is 12.2. The molecular formula is C9H14N4O2S. The molecule has 0 saturated carbocycles. The fourth-order valence-electron chi connectivity index (χ4n) is 1.86. The molecule has 6 nitrogen and oxygen atoms in total. The van der Waals surface area contributed by atoms with Gasteiger partial charge in [-0.05, 0) is 19.8 Å². The number of anilines is 1. The molecule has 0 spiro atoms. The molecule has 1 aromatic heterocycles. The van der Waals surface area contributed by atoms with Crippen molar-refractivity contribution >= 4 is 16.0 Å². The molecule has 0 bridgehead atoms. The van der Waals surface area contributed by atoms with Crippen molar-refractivity contribution in [2.24, 2.45) is 0 Å². The number of nitrogens with zero attached hydrogens (tertiary/aromatic N) is 3. The quantitative estimate of drug-likeness (QED) is 0.802. The molecule has 0 radical (unpaired) electrons. The smallest absolute Gasteiger partial charge is 0.246 e. The predicted molar refractivity (Wildman–Crippen MR) is 59.0 cm³/mol. The van der Waals surface area contributed by atoms with Crippen LogP contribution in [0.3, 0.4) is 0 Å². The number of aromatic nitrogens is 2. The van der Waals surface area contributed by atoms with Gasteiger partial charge in [0.1, 0.15) is 4.90 Å². The van der Waals surface area contributed by atoms with Gasteiger partial charge in [0.25, 0.3) is 0 Å². The van der Waals surface area contributed by atoms with Crippen LogP contribution in [0.1, 0.15) is 19.8 Å². The Morgan fingerprint density at radius 3 is 2.56 bits per heavy atom. The first-order valence-corrected chi connectivity index (χ1v) is 6.55. The highest BCUT2D eigenvalue weighted by atomic mass is 32.2. The Morgan fingerprint density at radius 1 is 1.44 bits per heavy atom. The minimum atomic E-state index is -3.45. The number of sulfonamides is 1. The molecule has 1 unspecified atom stereocenters. The summed E-state index contributed by atoms with van der Waals surface area (Å²) in [7, 11) is -3.45. The molecule has 0 aromatic carbocycles. The van der Waals surface area contributed by atoms with E-state index in [1.807, 2.05) is 6.92 Å². The lowest BCUT2D eigenvalue weighted by Gasteiger charge is -2.20. The molecule has 0 amide bonds. The minimum absolute atomic E-state index is 0.0440. The molecule has 2 rings (SSSR count). The van der Waals surface area contributed by atoms with Crippen molar-refractivity contribution in [1.82, 2.24) is 14.3 Å². The van der Waals surface area contributed by atoms with E-state index in [0.29, 0.717) is 6.54 Å². The van der Waals surface area contributed by atoms with Crippen molar-refractivity contribution in [3.05, 3.63) is 12.4 Å². The van der Waals surface area contributed by atoms with Gasteiger partial charge in [0.15, 0.2) is 0 Å². The Bertz CT molecular complexity index is 471. The first-order chi connectivity index (χ1) is 7.51. The Balaban J connectivity index is 2.35. The van der Waals surface area contributed by atoms with Crippen LogP contribution in [-0.2, 0) is 10.0 Å². The number of nitrogens with two attached hydrogens (primary N) is 1. The topological polar surface area (TPSA) is 89.2 Å². The first kappa shape index (κ1) is 11.3. The van der Waals surface area contributed by atoms with Crippen LogP contribution in [0.4, 0.5) is 5.95 Å². The largest absolute Gasteiger partial charge is 0.368 e. The van der Waals surface area contributed by atoms with Crippen LogP contribution in [0.15, 0.2) is 17.3 Å². The molecule has 1 saturated heterocycles. The zero-order valence-electron chi connectivity index (χ0n) is 9.00. The third kappa shape index (κ3) is 1.88. The van der Waals surface area contributed by atoms with Crippen LogP contribution >= 0.6 is 0 Å². The summed E-state index contributed by atoms with van der Waals surface area (Å²) in [6.45, 7) is 2.47. The Morgan fingerprint density at radius 2 is 2.06 bits per heavy atom. The molecule has 1 fully saturated rings. The van der Waals surface area contributed by atoms with E-state index in [9.17, 15) is 8.42 Å². The van der Waals surface area contributed by atoms with Gasteiger partial charge in [0.05, 0.1) is 12.4 Å². The summed E-state index contributed by atoms with van der Waals surface area (Å²) in [6, 6.07) is 0.0440. The van der Waals surface area contributed by atoms with Crippen LogP contribution in [0.25, 0.3) is 0 Å². The minimum Gasteiger partial charge on any atom is -0.368 e. The maximum Gasteiger partial charge on any atom is 0.246 e. The molecule has 1 aliphatic heterocycles. The van der Waals surface area contributed by atoms with Crippen LogP contribution in [0.2, 0.25) is 0 Å². The average molecular weight is 242 g/mol. The molecule has 2 N–H and O–H groups in total. The molecule has 1 aromatic rings. The van der Waals surface area contributed by atoms with Crippen molar-refractivity contribution in [2.45, 2.75) is 30.7 Å². The highest BCUT2D eigenvalue weighted by molar-refractivity contribution is 7.89. The second-order valence-corrected chi connectivity index (χ2v) is 5.77. The van der Waals surface area contributed by atoms with Crippen molar-refractivity contribution < 1.29 is 8.42 Å². The molecule has 1 atom stereocenters. The van der Waals surface area contributed by atoms with Crippen LogP contribution in [-0.4, -0.2) is 35.3 Å². The van der Waals surface area contributed by atoms with E-state index in [2.05, 4.69) is 9.97 Å². The summed E-state index contributed by atoms with van der Waals surface area (Å²) in [6.07, 6.45) is 4.30. The summed E-state index contributed by atoms with van der Waals surface area (Å²) in [5.74, 6) is 0.0772. The van der Waals surface area contributed by atoms with Crippen LogP contribution < -0.4 is 5.73 Å². The third-order valence-corrected chi connectivity index (χ3v) is 4.71. The maximum atomic E-state index is 12.2. The van der Waals surface area contributed by atoms with Crippen LogP contribution in [0, 0.1) is 0 Å². The molecule has 88 valence electrons. The zero-order chi connectivity index (χ0) is 11.8. The zero-order valence-corrected chi connectivity index (χ0v) is 9.81. The monoisotopic (exact) mass is 242 g/mol. The predicted octanol–water partition coefficient (Wildman–Crippen LogP) is 0.232. The molecular weight excluding hydrogens is 228 g/mol. The van der Waals surface area contributed by atoms with Gasteiger partial charge in [-0.25, -0.2) is 18.4 Å². The summed E-state index contributed by atoms with van der Waals surface area (Å²) < 4.78 is 25.8. The van der Waals surface area contributed by atoms with E-state index in [1.165, 1.54) is 16.7 Å². The Hall–Kier alpha value is -1.21. The van der Waals surface area contributed by atoms with Gasteiger partial charge in [0, 0.05) is 12.6 Å². The highest BCUT2D eigenvalue weighted by Gasteiger charge is 2.32. The van der Waals surface area contributed by atoms with Gasteiger partial charge in [-0.2, -0.15) is 4.31 Å². The average Bonchev–Trinajstić information content (AvgIpc) is 2.66. The number of hydrogen-bond donors (Lipinski definition) is 1. The lowest BCUT2D eigenvalue weighted by Crippen LogP contribution is -2.33. The second kappa shape index (κ2) is 3.99. The summed E-state index contributed by atoms with van der Waals surface area (Å²) in [4.78, 5) is 7.51. The summed E-state index contributed by atoms with van der Waals surface area (Å²) >= 11 is 0. The summed E-state index contributed by atoms with van der Waals surface area (Å²) in [5.41, 5.74) is 5.32. The number of hydrogen-bond acceptors (Lipinski definition) is 5. The van der Waals surface area contributed by atoms with Gasteiger partial charge in [0.2, 0.25) is 16.0 Å². The van der Waals surface area contributed by atoms with Gasteiger partial charge < -0.3 is 5.73 Å². The fourth-order valence-corrected chi connectivity index (χ4v) is 3.45. The third-order valence-electron chi connectivity index (χ3n) is 2.75. The fraction of sp³-hybridized carbons (Fsp3) is 0.556. The lowest BCUT2D eigenvalue weighted by molar-refractivity contribution is 0.408. The standard InChI is InChI=1S/C9H14N4O2S/c1-7-3-2-4-13(7)16(14,15)8-5-11-9(10)12-6-8/h5-7H,2-4H2,1H3,(H2,10,11,12). The van der Waals surface area contributed by atoms with Gasteiger partial charge >= 0.3 is 0 Å². The van der Waals surface area contributed by atoms with Gasteiger partial charge in [-0.1, -0.05) is 0 Å². The van der Waals surface area contributed by atoms with Crippen molar-refractivity contribution in [1.29, 1.82) is 0 Å². The van der Waals surface area contributed by atoms with E-state index in [1.54, 1.807) is 0 Å². The normalized spacial score (nSPS) is 22.4. The number of rotatable bonds is 2. The van der Waals surface area contributed by atoms with Crippen LogP contribution in [0.5, 0.6) is 0 Å². The molecule has 7 heteroatoms. The van der Waals surface area contributed by atoms with E-state index in [4.69, 9.17) is 5.73 Å². The molecule has 0 aliphatic carbocycles. The van der Waals surface area contributed by atoms with E-state index >= 15 is 0 Å². The van der Waals surface area contributed by atoms with E-state index in [0.717, 1.165) is 12.8 Å². The lowest BCUT2D eigenvalue weighted by atomic mass is 10.3. The molecule has 2 heterocycles. The molecule has 16 heavy (non-hydrogen) atoms. The van der Waals surface area contributed by atoms with E-state index in [-0.39, 0.29) is 16.9 Å². The Kier molecular flexibility index (Phi) is 2.81. The first-order valence-electron chi connectivity index (χ1n) is 5.11. The van der Waals surface area contributed by atoms with Crippen molar-refractivity contribution in [3.8, 4) is 0 Å². The second-order valence-electron chi connectivity index (χ2n) is 3.88. The summed E-state index contributed by atoms with van der Waals surface area (Å²) in [5, 5.41) is 0. The highest BCUT2D eigenvalue weighted by Crippen LogP contribution is 2.24. The number of nitrogen functional groups attached to an aromatic ring is 1. The van der Waals surface area contributed by atoms with Gasteiger partial charge in [-0.3, -0.25) is 0 Å². The molecule has 1 aliphatic rings. The SMILES string of the molecule is CC1CCCN1S(=O)(=O)c1cnc(N)nc1.